The highest BCUT2D eigenvalue weighted by Gasteiger charge is 2.12. The van der Waals surface area contributed by atoms with Crippen molar-refractivity contribution in [3.05, 3.63) is 35.1 Å². The highest BCUT2D eigenvalue weighted by Crippen LogP contribution is 2.26. The molecule has 1 aromatic heterocycles. The maximum Gasteiger partial charge on any atom is 0.224 e. The summed E-state index contributed by atoms with van der Waals surface area (Å²) in [5.74, 6) is 1.82. The van der Waals surface area contributed by atoms with Gasteiger partial charge >= 0.3 is 0 Å². The second-order valence-corrected chi connectivity index (χ2v) is 6.59. The van der Waals surface area contributed by atoms with Crippen molar-refractivity contribution in [1.29, 1.82) is 0 Å². The minimum atomic E-state index is 0.0173. The third-order valence-corrected chi connectivity index (χ3v) is 4.78. The van der Waals surface area contributed by atoms with Gasteiger partial charge in [0.1, 0.15) is 5.58 Å². The molecule has 0 bridgehead atoms. The number of furan rings is 1. The molecule has 0 unspecified atom stereocenters. The summed E-state index contributed by atoms with van der Waals surface area (Å²) in [7, 11) is 0. The molecule has 1 amide bonds. The average molecular weight is 321 g/mol. The minimum absolute atomic E-state index is 0.0173. The zero-order valence-electron chi connectivity index (χ0n) is 13.1. The van der Waals surface area contributed by atoms with E-state index in [0.717, 1.165) is 40.0 Å². The lowest BCUT2D eigenvalue weighted by atomic mass is 10.0. The molecule has 2 aromatic rings. The van der Waals surface area contributed by atoms with Crippen LogP contribution in [0.3, 0.4) is 0 Å². The Morgan fingerprint density at radius 1 is 1.32 bits per heavy atom. The molecule has 5 heteroatoms. The number of hydrogen-bond acceptors (Lipinski definition) is 4. The fourth-order valence-corrected chi connectivity index (χ4v) is 3.08. The monoisotopic (exact) mass is 321 g/mol. The number of amides is 1. The van der Waals surface area contributed by atoms with Crippen LogP contribution < -0.4 is 5.32 Å². The van der Waals surface area contributed by atoms with Crippen LogP contribution in [0.25, 0.3) is 11.0 Å². The molecule has 2 N–H and O–H groups in total. The highest BCUT2D eigenvalue weighted by atomic mass is 32.2. The largest absolute Gasteiger partial charge is 0.464 e. The maximum absolute atomic E-state index is 12.0. The number of benzene rings is 1. The van der Waals surface area contributed by atoms with Crippen molar-refractivity contribution in [1.82, 2.24) is 5.32 Å². The topological polar surface area (TPSA) is 62.5 Å². The van der Waals surface area contributed by atoms with Crippen molar-refractivity contribution in [3.8, 4) is 0 Å². The number of nitrogens with one attached hydrogen (secondary N) is 1. The predicted octanol–water partition coefficient (Wildman–Crippen LogP) is 2.82. The van der Waals surface area contributed by atoms with Gasteiger partial charge in [-0.25, -0.2) is 0 Å². The summed E-state index contributed by atoms with van der Waals surface area (Å²) in [6.07, 6.45) is 2.84. The second-order valence-electron chi connectivity index (χ2n) is 5.36. The van der Waals surface area contributed by atoms with Gasteiger partial charge in [-0.3, -0.25) is 4.79 Å². The molecule has 0 saturated carbocycles. The number of rotatable bonds is 8. The molecule has 22 heavy (non-hydrogen) atoms. The summed E-state index contributed by atoms with van der Waals surface area (Å²) in [5, 5.41) is 12.6. The lowest BCUT2D eigenvalue weighted by molar-refractivity contribution is -0.120. The molecular formula is C17H23NO3S. The van der Waals surface area contributed by atoms with Crippen molar-refractivity contribution >= 4 is 28.6 Å². The first kappa shape index (κ1) is 16.9. The normalized spacial score (nSPS) is 11.0. The van der Waals surface area contributed by atoms with Gasteiger partial charge in [0.2, 0.25) is 5.91 Å². The minimum Gasteiger partial charge on any atom is -0.464 e. The maximum atomic E-state index is 12.0. The van der Waals surface area contributed by atoms with E-state index >= 15 is 0 Å². The Morgan fingerprint density at radius 3 is 2.91 bits per heavy atom. The van der Waals surface area contributed by atoms with Crippen LogP contribution in [0.4, 0.5) is 0 Å². The predicted molar refractivity (Wildman–Crippen MR) is 91.4 cm³/mol. The first-order chi connectivity index (χ1) is 10.6. The van der Waals surface area contributed by atoms with Crippen LogP contribution in [-0.2, 0) is 11.2 Å². The van der Waals surface area contributed by atoms with E-state index in [1.807, 2.05) is 13.0 Å². The van der Waals surface area contributed by atoms with E-state index in [2.05, 4.69) is 18.3 Å². The number of aliphatic hydroxyl groups excluding tert-OH is 1. The molecule has 0 fully saturated rings. The zero-order valence-corrected chi connectivity index (χ0v) is 14.0. The van der Waals surface area contributed by atoms with E-state index in [-0.39, 0.29) is 12.5 Å². The second kappa shape index (κ2) is 8.25. The Kier molecular flexibility index (Phi) is 6.34. The van der Waals surface area contributed by atoms with E-state index in [1.165, 1.54) is 5.56 Å². The Balaban J connectivity index is 1.86. The van der Waals surface area contributed by atoms with Crippen molar-refractivity contribution in [2.75, 3.05) is 24.7 Å². The highest BCUT2D eigenvalue weighted by molar-refractivity contribution is 7.99. The first-order valence-electron chi connectivity index (χ1n) is 7.55. The standard InChI is InChI=1S/C17H23NO3S/c1-12-4-5-15-14(11-21-17(15)13(12)2)10-16(20)18-6-9-22-8-3-7-19/h4-5,11,19H,3,6-10H2,1-2H3,(H,18,20). The van der Waals surface area contributed by atoms with Crippen molar-refractivity contribution in [2.45, 2.75) is 26.7 Å². The van der Waals surface area contributed by atoms with Crippen LogP contribution in [0.5, 0.6) is 0 Å². The van der Waals surface area contributed by atoms with Gasteiger partial charge in [-0.15, -0.1) is 0 Å². The SMILES string of the molecule is Cc1ccc2c(CC(=O)NCCSCCCO)coc2c1C. The van der Waals surface area contributed by atoms with Crippen molar-refractivity contribution < 1.29 is 14.3 Å². The molecule has 4 nitrogen and oxygen atoms in total. The third kappa shape index (κ3) is 4.27. The molecule has 2 rings (SSSR count). The number of hydrogen-bond donors (Lipinski definition) is 2. The number of carbonyl (C=O) groups is 1. The molecule has 1 aromatic carbocycles. The third-order valence-electron chi connectivity index (χ3n) is 3.71. The van der Waals surface area contributed by atoms with Crippen LogP contribution >= 0.6 is 11.8 Å². The van der Waals surface area contributed by atoms with E-state index < -0.39 is 0 Å². The molecule has 0 radical (unpaired) electrons. The van der Waals surface area contributed by atoms with Gasteiger partial charge in [-0.1, -0.05) is 12.1 Å². The number of carbonyl (C=O) groups excluding carboxylic acids is 1. The Hall–Kier alpha value is -1.46. The van der Waals surface area contributed by atoms with Gasteiger partial charge in [0, 0.05) is 29.9 Å². The van der Waals surface area contributed by atoms with Gasteiger partial charge in [0.05, 0.1) is 12.7 Å². The van der Waals surface area contributed by atoms with E-state index in [9.17, 15) is 4.79 Å². The van der Waals surface area contributed by atoms with E-state index in [0.29, 0.717) is 13.0 Å². The summed E-state index contributed by atoms with van der Waals surface area (Å²) >= 11 is 1.74. The molecular weight excluding hydrogens is 298 g/mol. The summed E-state index contributed by atoms with van der Waals surface area (Å²) in [4.78, 5) is 12.0. The summed E-state index contributed by atoms with van der Waals surface area (Å²) in [6.45, 7) is 4.97. The van der Waals surface area contributed by atoms with Gasteiger partial charge in [0.25, 0.3) is 0 Å². The molecule has 0 aliphatic rings. The fraction of sp³-hybridized carbons (Fsp3) is 0.471. The van der Waals surface area contributed by atoms with Crippen LogP contribution in [0.2, 0.25) is 0 Å². The van der Waals surface area contributed by atoms with Crippen LogP contribution in [-0.4, -0.2) is 35.7 Å². The van der Waals surface area contributed by atoms with Crippen LogP contribution in [0.15, 0.2) is 22.8 Å². The Labute approximate surface area is 135 Å². The Morgan fingerprint density at radius 2 is 2.14 bits per heavy atom. The Bertz CT molecular complexity index is 636. The first-order valence-corrected chi connectivity index (χ1v) is 8.70. The number of aryl methyl sites for hydroxylation is 2. The number of aliphatic hydroxyl groups is 1. The van der Waals surface area contributed by atoms with Crippen molar-refractivity contribution in [2.24, 2.45) is 0 Å². The summed E-state index contributed by atoms with van der Waals surface area (Å²) in [6, 6.07) is 4.08. The molecule has 0 aliphatic heterocycles. The smallest absolute Gasteiger partial charge is 0.224 e. The lowest BCUT2D eigenvalue weighted by Crippen LogP contribution is -2.27. The van der Waals surface area contributed by atoms with Crippen LogP contribution in [0.1, 0.15) is 23.1 Å². The molecule has 0 saturated heterocycles. The molecule has 1 heterocycles. The number of thioether (sulfide) groups is 1. The summed E-state index contributed by atoms with van der Waals surface area (Å²) < 4.78 is 5.62. The van der Waals surface area contributed by atoms with Gasteiger partial charge in [-0.05, 0) is 37.1 Å². The molecule has 120 valence electrons. The lowest BCUT2D eigenvalue weighted by Gasteiger charge is -2.05. The van der Waals surface area contributed by atoms with Gasteiger partial charge < -0.3 is 14.8 Å². The molecule has 0 spiro atoms. The van der Waals surface area contributed by atoms with Gasteiger partial charge in [-0.2, -0.15) is 11.8 Å². The molecule has 0 aliphatic carbocycles. The van der Waals surface area contributed by atoms with Crippen LogP contribution in [0, 0.1) is 13.8 Å². The molecule has 0 atom stereocenters. The van der Waals surface area contributed by atoms with E-state index in [1.54, 1.807) is 18.0 Å². The van der Waals surface area contributed by atoms with Crippen molar-refractivity contribution in [3.63, 3.8) is 0 Å². The van der Waals surface area contributed by atoms with E-state index in [4.69, 9.17) is 9.52 Å². The zero-order chi connectivity index (χ0) is 15.9. The summed E-state index contributed by atoms with van der Waals surface area (Å²) in [5.41, 5.74) is 4.13. The average Bonchev–Trinajstić information content (AvgIpc) is 2.90. The quantitative estimate of drug-likeness (QED) is 0.734. The number of fused-ring (bicyclic) bond motifs is 1. The van der Waals surface area contributed by atoms with Gasteiger partial charge in [0.15, 0.2) is 0 Å². The fourth-order valence-electron chi connectivity index (χ4n) is 2.29.